The van der Waals surface area contributed by atoms with E-state index in [2.05, 4.69) is 29.0 Å². The van der Waals surface area contributed by atoms with Crippen LogP contribution in [0.1, 0.15) is 32.3 Å². The Kier molecular flexibility index (Phi) is 5.12. The molecule has 1 aliphatic heterocycles. The summed E-state index contributed by atoms with van der Waals surface area (Å²) in [5.74, 6) is 1.60. The van der Waals surface area contributed by atoms with Crippen molar-refractivity contribution in [3.8, 4) is 0 Å². The van der Waals surface area contributed by atoms with Crippen LogP contribution in [0, 0.1) is 18.8 Å². The van der Waals surface area contributed by atoms with Gasteiger partial charge in [-0.05, 0) is 56.5 Å². The largest absolute Gasteiger partial charge is 0.310 e. The van der Waals surface area contributed by atoms with E-state index in [0.717, 1.165) is 38.0 Å². The number of nitrogens with zero attached hydrogens (tertiary/aromatic N) is 2. The lowest BCUT2D eigenvalue weighted by Gasteiger charge is -2.32. The second-order valence-electron chi connectivity index (χ2n) is 6.18. The molecule has 0 unspecified atom stereocenters. The van der Waals surface area contributed by atoms with Gasteiger partial charge in [-0.2, -0.15) is 0 Å². The van der Waals surface area contributed by atoms with Gasteiger partial charge in [-0.25, -0.2) is 4.98 Å². The maximum atomic E-state index is 12.2. The van der Waals surface area contributed by atoms with Gasteiger partial charge in [0.1, 0.15) is 5.82 Å². The molecule has 1 N–H and O–H groups in total. The molecular formula is C16H25N3O. The highest BCUT2D eigenvalue weighted by atomic mass is 16.1. The molecule has 110 valence electrons. The number of aryl methyl sites for hydroxylation is 1. The molecule has 1 aliphatic rings. The van der Waals surface area contributed by atoms with Crippen LogP contribution in [-0.2, 0) is 4.79 Å². The molecule has 0 atom stereocenters. The van der Waals surface area contributed by atoms with Crippen LogP contribution < -0.4 is 5.32 Å². The van der Waals surface area contributed by atoms with Crippen LogP contribution in [0.5, 0.6) is 0 Å². The zero-order chi connectivity index (χ0) is 14.5. The van der Waals surface area contributed by atoms with E-state index in [4.69, 9.17) is 0 Å². The lowest BCUT2D eigenvalue weighted by molar-refractivity contribution is -0.121. The Bertz CT molecular complexity index is 451. The highest BCUT2D eigenvalue weighted by Crippen LogP contribution is 2.19. The van der Waals surface area contributed by atoms with Crippen LogP contribution in [0.15, 0.2) is 18.3 Å². The number of carbonyl (C=O) groups excluding carboxylic acids is 1. The first-order valence-electron chi connectivity index (χ1n) is 7.50. The summed E-state index contributed by atoms with van der Waals surface area (Å²) in [6.45, 7) is 9.66. The lowest BCUT2D eigenvalue weighted by Crippen LogP contribution is -2.39. The average molecular weight is 275 g/mol. The fourth-order valence-corrected chi connectivity index (χ4v) is 2.73. The van der Waals surface area contributed by atoms with Gasteiger partial charge in [0.2, 0.25) is 5.91 Å². The van der Waals surface area contributed by atoms with Crippen LogP contribution >= 0.6 is 0 Å². The first-order chi connectivity index (χ1) is 9.54. The zero-order valence-corrected chi connectivity index (χ0v) is 12.7. The van der Waals surface area contributed by atoms with Crippen molar-refractivity contribution < 1.29 is 4.79 Å². The van der Waals surface area contributed by atoms with Gasteiger partial charge < -0.3 is 10.2 Å². The Morgan fingerprint density at radius 3 is 2.75 bits per heavy atom. The number of carbonyl (C=O) groups is 1. The number of piperidine rings is 1. The summed E-state index contributed by atoms with van der Waals surface area (Å²) in [7, 11) is 0. The van der Waals surface area contributed by atoms with Crippen LogP contribution in [0.4, 0.5) is 5.82 Å². The van der Waals surface area contributed by atoms with Crippen molar-refractivity contribution >= 4 is 11.7 Å². The number of pyridine rings is 1. The molecule has 2 rings (SSSR count). The summed E-state index contributed by atoms with van der Waals surface area (Å²) in [5, 5.41) is 2.94. The second kappa shape index (κ2) is 6.84. The highest BCUT2D eigenvalue weighted by molar-refractivity contribution is 5.91. The molecule has 20 heavy (non-hydrogen) atoms. The third-order valence-electron chi connectivity index (χ3n) is 3.75. The zero-order valence-electron chi connectivity index (χ0n) is 12.7. The summed E-state index contributed by atoms with van der Waals surface area (Å²) in [6, 6.07) is 3.84. The number of amides is 1. The molecule has 1 fully saturated rings. The Morgan fingerprint density at radius 2 is 2.15 bits per heavy atom. The first kappa shape index (κ1) is 15.0. The molecule has 0 bridgehead atoms. The van der Waals surface area contributed by atoms with E-state index in [1.807, 2.05) is 19.1 Å². The van der Waals surface area contributed by atoms with Crippen molar-refractivity contribution in [1.82, 2.24) is 9.88 Å². The maximum Gasteiger partial charge on any atom is 0.228 e. The van der Waals surface area contributed by atoms with E-state index in [1.165, 1.54) is 0 Å². The molecular weight excluding hydrogens is 250 g/mol. The topological polar surface area (TPSA) is 45.2 Å². The number of rotatable bonds is 4. The van der Waals surface area contributed by atoms with E-state index < -0.39 is 0 Å². The SMILES string of the molecule is Cc1ccnc(NC(=O)C2CCN(CC(C)C)CC2)c1. The minimum Gasteiger partial charge on any atom is -0.310 e. The Balaban J connectivity index is 1.83. The number of anilines is 1. The summed E-state index contributed by atoms with van der Waals surface area (Å²) in [4.78, 5) is 18.9. The van der Waals surface area contributed by atoms with Crippen molar-refractivity contribution in [2.45, 2.75) is 33.6 Å². The van der Waals surface area contributed by atoms with Gasteiger partial charge in [0.25, 0.3) is 0 Å². The van der Waals surface area contributed by atoms with Crippen molar-refractivity contribution in [3.63, 3.8) is 0 Å². The average Bonchev–Trinajstić information content (AvgIpc) is 2.38. The predicted octanol–water partition coefficient (Wildman–Crippen LogP) is 2.70. The normalized spacial score (nSPS) is 17.4. The molecule has 0 aliphatic carbocycles. The van der Waals surface area contributed by atoms with Crippen molar-refractivity contribution in [3.05, 3.63) is 23.9 Å². The van der Waals surface area contributed by atoms with Gasteiger partial charge in [-0.15, -0.1) is 0 Å². The third kappa shape index (κ3) is 4.30. The van der Waals surface area contributed by atoms with E-state index in [0.29, 0.717) is 11.7 Å². The first-order valence-corrected chi connectivity index (χ1v) is 7.50. The smallest absolute Gasteiger partial charge is 0.228 e. The number of hydrogen-bond donors (Lipinski definition) is 1. The fourth-order valence-electron chi connectivity index (χ4n) is 2.73. The Morgan fingerprint density at radius 1 is 1.45 bits per heavy atom. The number of hydrogen-bond acceptors (Lipinski definition) is 3. The molecule has 4 nitrogen and oxygen atoms in total. The molecule has 1 saturated heterocycles. The van der Waals surface area contributed by atoms with Gasteiger partial charge in [0, 0.05) is 18.7 Å². The molecule has 0 radical (unpaired) electrons. The fraction of sp³-hybridized carbons (Fsp3) is 0.625. The van der Waals surface area contributed by atoms with Gasteiger partial charge in [-0.3, -0.25) is 4.79 Å². The molecule has 2 heterocycles. The van der Waals surface area contributed by atoms with Gasteiger partial charge in [0.05, 0.1) is 0 Å². The number of nitrogens with one attached hydrogen (secondary N) is 1. The summed E-state index contributed by atoms with van der Waals surface area (Å²) < 4.78 is 0. The van der Waals surface area contributed by atoms with Crippen molar-refractivity contribution in [2.75, 3.05) is 25.0 Å². The summed E-state index contributed by atoms with van der Waals surface area (Å²) in [5.41, 5.74) is 1.11. The maximum absolute atomic E-state index is 12.2. The molecule has 4 heteroatoms. The molecule has 0 spiro atoms. The standard InChI is InChI=1S/C16H25N3O/c1-12(2)11-19-8-5-14(6-9-19)16(20)18-15-10-13(3)4-7-17-15/h4,7,10,12,14H,5-6,8-9,11H2,1-3H3,(H,17,18,20). The molecule has 1 amide bonds. The second-order valence-corrected chi connectivity index (χ2v) is 6.18. The molecule has 0 aromatic carbocycles. The van der Waals surface area contributed by atoms with E-state index in [9.17, 15) is 4.79 Å². The summed E-state index contributed by atoms with van der Waals surface area (Å²) in [6.07, 6.45) is 3.63. The Labute approximate surface area is 121 Å². The number of aromatic nitrogens is 1. The Hall–Kier alpha value is -1.42. The molecule has 0 saturated carbocycles. The lowest BCUT2D eigenvalue weighted by atomic mass is 9.95. The summed E-state index contributed by atoms with van der Waals surface area (Å²) >= 11 is 0. The minimum absolute atomic E-state index is 0.118. The predicted molar refractivity (Wildman–Crippen MR) is 81.6 cm³/mol. The van der Waals surface area contributed by atoms with Gasteiger partial charge in [0.15, 0.2) is 0 Å². The number of likely N-dealkylation sites (tertiary alicyclic amines) is 1. The van der Waals surface area contributed by atoms with E-state index in [1.54, 1.807) is 6.20 Å². The minimum atomic E-state index is 0.118. The van der Waals surface area contributed by atoms with Crippen LogP contribution in [-0.4, -0.2) is 35.4 Å². The van der Waals surface area contributed by atoms with E-state index >= 15 is 0 Å². The van der Waals surface area contributed by atoms with Crippen LogP contribution in [0.3, 0.4) is 0 Å². The van der Waals surface area contributed by atoms with Gasteiger partial charge >= 0.3 is 0 Å². The van der Waals surface area contributed by atoms with Gasteiger partial charge in [-0.1, -0.05) is 13.8 Å². The monoisotopic (exact) mass is 275 g/mol. The molecule has 1 aromatic rings. The molecule has 1 aromatic heterocycles. The highest BCUT2D eigenvalue weighted by Gasteiger charge is 2.25. The quantitative estimate of drug-likeness (QED) is 0.919. The van der Waals surface area contributed by atoms with Crippen LogP contribution in [0.2, 0.25) is 0 Å². The van der Waals surface area contributed by atoms with Crippen molar-refractivity contribution in [1.29, 1.82) is 0 Å². The third-order valence-corrected chi connectivity index (χ3v) is 3.75. The van der Waals surface area contributed by atoms with Crippen molar-refractivity contribution in [2.24, 2.45) is 11.8 Å². The van der Waals surface area contributed by atoms with E-state index in [-0.39, 0.29) is 11.8 Å². The van der Waals surface area contributed by atoms with Crippen LogP contribution in [0.25, 0.3) is 0 Å².